The molecular formula is C15H30N4O3. The Morgan fingerprint density at radius 2 is 2.00 bits per heavy atom. The van der Waals surface area contributed by atoms with Crippen LogP contribution in [0.2, 0.25) is 0 Å². The molecule has 1 fully saturated rings. The maximum atomic E-state index is 11.9. The van der Waals surface area contributed by atoms with Crippen molar-refractivity contribution in [1.82, 2.24) is 9.80 Å². The van der Waals surface area contributed by atoms with Crippen molar-refractivity contribution in [3.63, 3.8) is 0 Å². The Bertz CT molecular complexity index is 387. The van der Waals surface area contributed by atoms with Gasteiger partial charge in [-0.05, 0) is 26.7 Å². The van der Waals surface area contributed by atoms with Crippen LogP contribution in [0, 0.1) is 5.92 Å². The van der Waals surface area contributed by atoms with Crippen molar-refractivity contribution >= 4 is 12.1 Å². The van der Waals surface area contributed by atoms with Gasteiger partial charge in [-0.1, -0.05) is 6.92 Å². The minimum absolute atomic E-state index is 0.206. The first-order chi connectivity index (χ1) is 10.2. The Kier molecular flexibility index (Phi) is 6.93. The van der Waals surface area contributed by atoms with Crippen molar-refractivity contribution < 1.29 is 14.3 Å². The molecule has 1 aliphatic rings. The molecule has 7 heteroatoms. The third-order valence-electron chi connectivity index (χ3n) is 3.19. The van der Waals surface area contributed by atoms with Gasteiger partial charge in [0.05, 0.1) is 13.2 Å². The summed E-state index contributed by atoms with van der Waals surface area (Å²) in [6, 6.07) is 0. The maximum absolute atomic E-state index is 11.9. The van der Waals surface area contributed by atoms with E-state index in [1.807, 2.05) is 32.6 Å². The van der Waals surface area contributed by atoms with Gasteiger partial charge in [0, 0.05) is 33.2 Å². The molecular weight excluding hydrogens is 284 g/mol. The molecule has 0 bridgehead atoms. The molecule has 0 aromatic carbocycles. The van der Waals surface area contributed by atoms with Crippen LogP contribution in [0.4, 0.5) is 4.79 Å². The highest BCUT2D eigenvalue weighted by atomic mass is 16.6. The van der Waals surface area contributed by atoms with E-state index in [2.05, 4.69) is 4.99 Å². The molecule has 1 atom stereocenters. The minimum Gasteiger partial charge on any atom is -0.444 e. The maximum Gasteiger partial charge on any atom is 0.410 e. The van der Waals surface area contributed by atoms with E-state index in [0.717, 1.165) is 13.1 Å². The van der Waals surface area contributed by atoms with Gasteiger partial charge in [-0.2, -0.15) is 0 Å². The van der Waals surface area contributed by atoms with Crippen molar-refractivity contribution in [2.45, 2.75) is 33.3 Å². The second-order valence-corrected chi connectivity index (χ2v) is 6.76. The molecule has 1 aliphatic heterocycles. The summed E-state index contributed by atoms with van der Waals surface area (Å²) in [5.41, 5.74) is 5.51. The molecule has 1 rings (SSSR count). The molecule has 1 saturated heterocycles. The van der Waals surface area contributed by atoms with Crippen LogP contribution >= 0.6 is 0 Å². The van der Waals surface area contributed by atoms with Crippen LogP contribution in [0.1, 0.15) is 27.7 Å². The Hall–Kier alpha value is -1.50. The van der Waals surface area contributed by atoms with Gasteiger partial charge in [0.25, 0.3) is 0 Å². The number of hydrogen-bond acceptors (Lipinski definition) is 4. The van der Waals surface area contributed by atoms with Gasteiger partial charge in [0.1, 0.15) is 5.60 Å². The number of morpholine rings is 1. The fourth-order valence-corrected chi connectivity index (χ4v) is 2.08. The van der Waals surface area contributed by atoms with Crippen molar-refractivity contribution in [1.29, 1.82) is 0 Å². The first kappa shape index (κ1) is 18.5. The van der Waals surface area contributed by atoms with Crippen LogP contribution in [-0.2, 0) is 9.47 Å². The highest BCUT2D eigenvalue weighted by Gasteiger charge is 2.20. The Morgan fingerprint density at radius 1 is 1.41 bits per heavy atom. The van der Waals surface area contributed by atoms with E-state index >= 15 is 0 Å². The van der Waals surface area contributed by atoms with Gasteiger partial charge in [0.2, 0.25) is 0 Å². The number of guanidine groups is 1. The molecule has 0 aromatic rings. The van der Waals surface area contributed by atoms with Crippen LogP contribution in [0.25, 0.3) is 0 Å². The number of nitrogens with two attached hydrogens (primary N) is 1. The SMILES string of the molecule is CC(CN=C(N)N1CCOCC1)CN(C)C(=O)OC(C)(C)C. The summed E-state index contributed by atoms with van der Waals surface area (Å²) in [6.07, 6.45) is -0.315. The van der Waals surface area contributed by atoms with Crippen molar-refractivity contribution in [3.8, 4) is 0 Å². The molecule has 0 radical (unpaired) electrons. The predicted octanol–water partition coefficient (Wildman–Crippen LogP) is 1.14. The molecule has 1 unspecified atom stereocenters. The van der Waals surface area contributed by atoms with E-state index in [0.29, 0.717) is 32.3 Å². The summed E-state index contributed by atoms with van der Waals surface area (Å²) >= 11 is 0. The summed E-state index contributed by atoms with van der Waals surface area (Å²) in [7, 11) is 1.74. The van der Waals surface area contributed by atoms with Crippen LogP contribution in [0.15, 0.2) is 4.99 Å². The molecule has 0 aliphatic carbocycles. The molecule has 0 spiro atoms. The van der Waals surface area contributed by atoms with Crippen LogP contribution < -0.4 is 5.73 Å². The highest BCUT2D eigenvalue weighted by Crippen LogP contribution is 2.10. The van der Waals surface area contributed by atoms with E-state index in [-0.39, 0.29) is 12.0 Å². The lowest BCUT2D eigenvalue weighted by Gasteiger charge is -2.28. The van der Waals surface area contributed by atoms with E-state index in [9.17, 15) is 4.79 Å². The average molecular weight is 314 g/mol. The zero-order chi connectivity index (χ0) is 16.8. The number of amides is 1. The lowest BCUT2D eigenvalue weighted by Crippen LogP contribution is -2.45. The van der Waals surface area contributed by atoms with Gasteiger partial charge >= 0.3 is 6.09 Å². The molecule has 0 aromatic heterocycles. The summed E-state index contributed by atoms with van der Waals surface area (Å²) < 4.78 is 10.6. The van der Waals surface area contributed by atoms with Crippen LogP contribution in [0.5, 0.6) is 0 Å². The standard InChI is InChI=1S/C15H30N4O3/c1-12(11-18(5)14(20)22-15(2,3)4)10-17-13(16)19-6-8-21-9-7-19/h12H,6-11H2,1-5H3,(H2,16,17). The molecule has 1 heterocycles. The van der Waals surface area contributed by atoms with Crippen LogP contribution in [0.3, 0.4) is 0 Å². The second-order valence-electron chi connectivity index (χ2n) is 6.76. The predicted molar refractivity (Wildman–Crippen MR) is 86.9 cm³/mol. The first-order valence-electron chi connectivity index (χ1n) is 7.76. The van der Waals surface area contributed by atoms with Crippen molar-refractivity contribution in [3.05, 3.63) is 0 Å². The fourth-order valence-electron chi connectivity index (χ4n) is 2.08. The van der Waals surface area contributed by atoms with Gasteiger partial charge < -0.3 is 25.0 Å². The summed E-state index contributed by atoms with van der Waals surface area (Å²) in [5.74, 6) is 0.757. The third kappa shape index (κ3) is 6.98. The summed E-state index contributed by atoms with van der Waals surface area (Å²) in [5, 5.41) is 0. The van der Waals surface area contributed by atoms with Crippen molar-refractivity contribution in [2.75, 3.05) is 46.4 Å². The lowest BCUT2D eigenvalue weighted by atomic mass is 10.2. The van der Waals surface area contributed by atoms with Gasteiger partial charge in [0.15, 0.2) is 5.96 Å². The largest absolute Gasteiger partial charge is 0.444 e. The molecule has 22 heavy (non-hydrogen) atoms. The lowest BCUT2D eigenvalue weighted by molar-refractivity contribution is 0.0278. The molecule has 0 saturated carbocycles. The van der Waals surface area contributed by atoms with Crippen molar-refractivity contribution in [2.24, 2.45) is 16.6 Å². The van der Waals surface area contributed by atoms with Gasteiger partial charge in [-0.3, -0.25) is 4.99 Å². The number of hydrogen-bond donors (Lipinski definition) is 1. The fraction of sp³-hybridized carbons (Fsp3) is 0.867. The third-order valence-corrected chi connectivity index (χ3v) is 3.19. The summed E-state index contributed by atoms with van der Waals surface area (Å²) in [6.45, 7) is 11.7. The molecule has 7 nitrogen and oxygen atoms in total. The normalized spacial score (nSPS) is 18.0. The number of carbonyl (C=O) groups excluding carboxylic acids is 1. The second kappa shape index (κ2) is 8.22. The van der Waals surface area contributed by atoms with E-state index in [4.69, 9.17) is 15.2 Å². The number of carbonyl (C=O) groups is 1. The zero-order valence-electron chi connectivity index (χ0n) is 14.5. The number of aliphatic imine (C=N–C) groups is 1. The quantitative estimate of drug-likeness (QED) is 0.621. The Balaban J connectivity index is 2.38. The first-order valence-corrected chi connectivity index (χ1v) is 7.76. The smallest absolute Gasteiger partial charge is 0.410 e. The molecule has 128 valence electrons. The van der Waals surface area contributed by atoms with Crippen LogP contribution in [-0.4, -0.2) is 73.9 Å². The average Bonchev–Trinajstić information content (AvgIpc) is 2.43. The molecule has 2 N–H and O–H groups in total. The van der Waals surface area contributed by atoms with Gasteiger partial charge in [-0.15, -0.1) is 0 Å². The molecule has 1 amide bonds. The number of rotatable bonds is 4. The number of ether oxygens (including phenoxy) is 2. The number of nitrogens with zero attached hydrogens (tertiary/aromatic N) is 3. The van der Waals surface area contributed by atoms with E-state index in [1.54, 1.807) is 11.9 Å². The zero-order valence-corrected chi connectivity index (χ0v) is 14.5. The minimum atomic E-state index is -0.479. The highest BCUT2D eigenvalue weighted by molar-refractivity contribution is 5.78. The topological polar surface area (TPSA) is 80.4 Å². The summed E-state index contributed by atoms with van der Waals surface area (Å²) in [4.78, 5) is 19.9. The van der Waals surface area contributed by atoms with E-state index < -0.39 is 5.60 Å². The Labute approximate surface area is 133 Å². The Morgan fingerprint density at radius 3 is 2.55 bits per heavy atom. The van der Waals surface area contributed by atoms with E-state index in [1.165, 1.54) is 0 Å². The van der Waals surface area contributed by atoms with Gasteiger partial charge in [-0.25, -0.2) is 4.79 Å². The monoisotopic (exact) mass is 314 g/mol.